The highest BCUT2D eigenvalue weighted by molar-refractivity contribution is 7.92. The molecule has 2 aromatic rings. The fourth-order valence-corrected chi connectivity index (χ4v) is 5.75. The number of carbonyl (C=O) groups excluding carboxylic acids is 1. The van der Waals surface area contributed by atoms with Crippen molar-refractivity contribution in [3.8, 4) is 0 Å². The maximum atomic E-state index is 15.3. The van der Waals surface area contributed by atoms with E-state index in [1.54, 1.807) is 0 Å². The molecular weight excluding hydrogens is 529 g/mol. The highest BCUT2D eigenvalue weighted by atomic mass is 32.2. The summed E-state index contributed by atoms with van der Waals surface area (Å²) in [5.41, 5.74) is -6.67. The lowest BCUT2D eigenvalue weighted by molar-refractivity contribution is -0.276. The number of alkyl halides is 7. The van der Waals surface area contributed by atoms with Crippen LogP contribution >= 0.6 is 0 Å². The van der Waals surface area contributed by atoms with Gasteiger partial charge in [0.25, 0.3) is 5.60 Å². The molecule has 1 atom stereocenters. The monoisotopic (exact) mass is 548 g/mol. The number of likely N-dealkylation sites (tertiary alicyclic amines) is 1. The zero-order valence-electron chi connectivity index (χ0n) is 18.9. The lowest BCUT2D eigenvalue weighted by Crippen LogP contribution is -2.62. The fourth-order valence-electron chi connectivity index (χ4n) is 4.66. The van der Waals surface area contributed by atoms with Crippen molar-refractivity contribution >= 4 is 22.8 Å². The van der Waals surface area contributed by atoms with Gasteiger partial charge in [0.15, 0.2) is 5.67 Å². The topological polar surface area (TPSA) is 65.0 Å². The lowest BCUT2D eigenvalue weighted by Gasteiger charge is -2.46. The molecule has 5 rings (SSSR count). The molecule has 0 N–H and O–H groups in total. The first-order valence-corrected chi connectivity index (χ1v) is 12.6. The third-order valence-electron chi connectivity index (χ3n) is 6.90. The summed E-state index contributed by atoms with van der Waals surface area (Å²) in [5.74, 6) is -0.0696. The molecule has 198 valence electrons. The van der Waals surface area contributed by atoms with Crippen LogP contribution < -0.4 is 0 Å². The highest BCUT2D eigenvalue weighted by Gasteiger charge is 2.62. The zero-order chi connectivity index (χ0) is 26.8. The molecule has 0 saturated carbocycles. The Labute approximate surface area is 209 Å². The van der Waals surface area contributed by atoms with Crippen molar-refractivity contribution in [3.05, 3.63) is 70.8 Å². The number of hydrogen-bond acceptors (Lipinski definition) is 4. The second-order valence-electron chi connectivity index (χ2n) is 9.42. The van der Waals surface area contributed by atoms with Gasteiger partial charge >= 0.3 is 12.4 Å². The number of halogens is 7. The summed E-state index contributed by atoms with van der Waals surface area (Å²) < 4.78 is 108. The fraction of sp³-hybridized carbons (Fsp3) is 0.417. The number of oxime groups is 1. The van der Waals surface area contributed by atoms with Gasteiger partial charge < -0.3 is 14.3 Å². The minimum Gasteiger partial charge on any atom is -0.616 e. The Morgan fingerprint density at radius 2 is 1.68 bits per heavy atom. The summed E-state index contributed by atoms with van der Waals surface area (Å²) in [7, 11) is 0. The van der Waals surface area contributed by atoms with E-state index in [2.05, 4.69) is 5.16 Å². The largest absolute Gasteiger partial charge is 0.616 e. The first-order chi connectivity index (χ1) is 17.2. The lowest BCUT2D eigenvalue weighted by atomic mass is 9.84. The first-order valence-electron chi connectivity index (χ1n) is 11.1. The molecule has 1 unspecified atom stereocenters. The van der Waals surface area contributed by atoms with Crippen molar-refractivity contribution in [2.45, 2.75) is 30.0 Å². The van der Waals surface area contributed by atoms with E-state index in [-0.39, 0.29) is 53.3 Å². The maximum Gasteiger partial charge on any atom is 0.435 e. The number of nitrogens with zero attached hydrogens (tertiary/aromatic N) is 2. The number of rotatable bonds is 4. The van der Waals surface area contributed by atoms with Crippen LogP contribution in [-0.2, 0) is 38.3 Å². The molecular formula is C24H19F7N2O3S. The van der Waals surface area contributed by atoms with Crippen LogP contribution in [0.1, 0.15) is 28.7 Å². The Bertz CT molecular complexity index is 1240. The molecule has 37 heavy (non-hydrogen) atoms. The Kier molecular flexibility index (Phi) is 6.02. The molecule has 0 aromatic heterocycles. The average Bonchev–Trinajstić information content (AvgIpc) is 3.26. The van der Waals surface area contributed by atoms with Crippen molar-refractivity contribution in [2.24, 2.45) is 11.1 Å². The van der Waals surface area contributed by atoms with Gasteiger partial charge in [-0.3, -0.25) is 4.79 Å². The van der Waals surface area contributed by atoms with E-state index in [1.165, 1.54) is 29.2 Å². The smallest absolute Gasteiger partial charge is 0.435 e. The highest BCUT2D eigenvalue weighted by Crippen LogP contribution is 2.49. The van der Waals surface area contributed by atoms with Crippen molar-refractivity contribution in [1.29, 1.82) is 0 Å². The van der Waals surface area contributed by atoms with Crippen LogP contribution in [0.15, 0.2) is 53.7 Å². The molecule has 3 aliphatic heterocycles. The molecule has 2 aromatic carbocycles. The van der Waals surface area contributed by atoms with Crippen LogP contribution in [0.2, 0.25) is 0 Å². The second-order valence-corrected chi connectivity index (χ2v) is 11.0. The quantitative estimate of drug-likeness (QED) is 0.412. The van der Waals surface area contributed by atoms with Gasteiger partial charge in [-0.1, -0.05) is 52.7 Å². The standard InChI is InChI=1S/C24H19F7N2O3S/c25-21(12-33(13-21)20(34)15-10-37(35)11-15)16-6-4-14(5-7-16)19-9-22(36-32-19,24(29,30)31)17-2-1-3-18(8-17)23(26,27)28/h1-8,15H,9-13H2. The third-order valence-corrected chi connectivity index (χ3v) is 8.44. The second kappa shape index (κ2) is 8.62. The van der Waals surface area contributed by atoms with Gasteiger partial charge in [-0.25, -0.2) is 4.39 Å². The molecule has 2 fully saturated rings. The summed E-state index contributed by atoms with van der Waals surface area (Å²) >= 11 is -1.01. The Balaban J connectivity index is 1.31. The van der Waals surface area contributed by atoms with Gasteiger partial charge in [0, 0.05) is 12.0 Å². The van der Waals surface area contributed by atoms with Crippen molar-refractivity contribution in [2.75, 3.05) is 24.6 Å². The minimum atomic E-state index is -5.08. The predicted molar refractivity (Wildman–Crippen MR) is 119 cm³/mol. The van der Waals surface area contributed by atoms with Gasteiger partial charge in [-0.05, 0) is 23.3 Å². The summed E-state index contributed by atoms with van der Waals surface area (Å²) in [6.07, 6.45) is -10.8. The molecule has 3 aliphatic rings. The Hall–Kier alpha value is -2.80. The van der Waals surface area contributed by atoms with Crippen LogP contribution in [0.5, 0.6) is 0 Å². The number of carbonyl (C=O) groups is 1. The van der Waals surface area contributed by atoms with E-state index in [1.807, 2.05) is 0 Å². The van der Waals surface area contributed by atoms with Crippen LogP contribution in [0.4, 0.5) is 30.7 Å². The van der Waals surface area contributed by atoms with Crippen molar-refractivity contribution in [3.63, 3.8) is 0 Å². The first kappa shape index (κ1) is 25.8. The van der Waals surface area contributed by atoms with Gasteiger partial charge in [0.1, 0.15) is 17.4 Å². The minimum absolute atomic E-state index is 0.155. The van der Waals surface area contributed by atoms with E-state index in [9.17, 15) is 35.7 Å². The Morgan fingerprint density at radius 3 is 2.24 bits per heavy atom. The molecule has 2 saturated heterocycles. The van der Waals surface area contributed by atoms with E-state index in [0.717, 1.165) is 12.1 Å². The summed E-state index contributed by atoms with van der Waals surface area (Å²) in [4.78, 5) is 18.4. The maximum absolute atomic E-state index is 15.3. The van der Waals surface area contributed by atoms with Crippen molar-refractivity contribution in [1.82, 2.24) is 4.90 Å². The van der Waals surface area contributed by atoms with Crippen LogP contribution in [0.3, 0.4) is 0 Å². The van der Waals surface area contributed by atoms with Crippen molar-refractivity contribution < 1.29 is 44.9 Å². The zero-order valence-corrected chi connectivity index (χ0v) is 19.7. The number of hydrogen-bond donors (Lipinski definition) is 0. The molecule has 5 nitrogen and oxygen atoms in total. The summed E-state index contributed by atoms with van der Waals surface area (Å²) in [6.45, 7) is -0.379. The number of benzene rings is 2. The molecule has 0 spiro atoms. The average molecular weight is 548 g/mol. The predicted octanol–water partition coefficient (Wildman–Crippen LogP) is 4.67. The summed E-state index contributed by atoms with van der Waals surface area (Å²) in [6, 6.07) is 8.30. The summed E-state index contributed by atoms with van der Waals surface area (Å²) in [5, 5.41) is 3.54. The molecule has 0 aliphatic carbocycles. The molecule has 0 bridgehead atoms. The van der Waals surface area contributed by atoms with Gasteiger partial charge in [0.05, 0.1) is 24.4 Å². The van der Waals surface area contributed by atoms with Gasteiger partial charge in [-0.2, -0.15) is 26.3 Å². The van der Waals surface area contributed by atoms with Gasteiger partial charge in [-0.15, -0.1) is 0 Å². The molecule has 3 heterocycles. The molecule has 13 heteroatoms. The Morgan fingerprint density at radius 1 is 1.03 bits per heavy atom. The SMILES string of the molecule is O=C(C1C[S+]([O-])C1)N1CC(F)(c2ccc(C3=NOC(c4cccc(C(F)(F)F)c4)(C(F)(F)F)C3)cc2)C1. The van der Waals surface area contributed by atoms with E-state index >= 15 is 4.39 Å². The van der Waals surface area contributed by atoms with E-state index in [4.69, 9.17) is 4.84 Å². The van der Waals surface area contributed by atoms with Crippen LogP contribution in [-0.4, -0.2) is 51.8 Å². The van der Waals surface area contributed by atoms with Crippen LogP contribution in [0, 0.1) is 5.92 Å². The van der Waals surface area contributed by atoms with Gasteiger partial charge in [0.2, 0.25) is 5.91 Å². The third kappa shape index (κ3) is 4.45. The normalized spacial score (nSPS) is 27.1. The van der Waals surface area contributed by atoms with Crippen LogP contribution in [0.25, 0.3) is 0 Å². The van der Waals surface area contributed by atoms with E-state index in [0.29, 0.717) is 12.1 Å². The molecule has 0 radical (unpaired) electrons. The number of amides is 1. The molecule has 1 amide bonds. The van der Waals surface area contributed by atoms with E-state index < -0.39 is 52.3 Å².